The summed E-state index contributed by atoms with van der Waals surface area (Å²) in [5.74, 6) is 0.502. The first kappa shape index (κ1) is 12.9. The zero-order valence-electron chi connectivity index (χ0n) is 10.9. The Morgan fingerprint density at radius 3 is 2.72 bits per heavy atom. The quantitative estimate of drug-likeness (QED) is 0.825. The number of hydrogen-bond acceptors (Lipinski definition) is 3. The van der Waals surface area contributed by atoms with Gasteiger partial charge in [0.2, 0.25) is 5.88 Å². The monoisotopic (exact) mass is 248 g/mol. The molecule has 4 heteroatoms. The van der Waals surface area contributed by atoms with Crippen molar-refractivity contribution in [3.63, 3.8) is 0 Å². The smallest absolute Gasteiger partial charge is 0.259 e. The van der Waals surface area contributed by atoms with E-state index in [4.69, 9.17) is 4.74 Å². The van der Waals surface area contributed by atoms with Crippen molar-refractivity contribution in [2.45, 2.75) is 32.6 Å². The van der Waals surface area contributed by atoms with Crippen molar-refractivity contribution in [3.05, 3.63) is 23.9 Å². The van der Waals surface area contributed by atoms with E-state index >= 15 is 0 Å². The van der Waals surface area contributed by atoms with Gasteiger partial charge < -0.3 is 9.64 Å². The summed E-state index contributed by atoms with van der Waals surface area (Å²) in [5.41, 5.74) is 0.584. The van der Waals surface area contributed by atoms with E-state index in [1.165, 1.54) is 12.8 Å². The summed E-state index contributed by atoms with van der Waals surface area (Å²) in [7, 11) is 0. The molecule has 2 rings (SSSR count). The SMILES string of the molecule is CCOc1ncccc1C(=O)N1CCCCCC1. The molecule has 0 aliphatic carbocycles. The lowest BCUT2D eigenvalue weighted by atomic mass is 10.2. The van der Waals surface area contributed by atoms with E-state index in [0.717, 1.165) is 25.9 Å². The summed E-state index contributed by atoms with van der Waals surface area (Å²) in [6.07, 6.45) is 6.28. The van der Waals surface area contributed by atoms with Gasteiger partial charge in [-0.15, -0.1) is 0 Å². The third kappa shape index (κ3) is 3.00. The van der Waals surface area contributed by atoms with Crippen molar-refractivity contribution in [2.75, 3.05) is 19.7 Å². The first-order valence-corrected chi connectivity index (χ1v) is 6.70. The van der Waals surface area contributed by atoms with Gasteiger partial charge in [-0.2, -0.15) is 0 Å². The van der Waals surface area contributed by atoms with Gasteiger partial charge in [0.05, 0.1) is 6.61 Å². The molecule has 0 aromatic carbocycles. The van der Waals surface area contributed by atoms with E-state index in [9.17, 15) is 4.79 Å². The summed E-state index contributed by atoms with van der Waals surface area (Å²) < 4.78 is 5.42. The number of likely N-dealkylation sites (tertiary alicyclic amines) is 1. The number of pyridine rings is 1. The van der Waals surface area contributed by atoms with E-state index < -0.39 is 0 Å². The standard InChI is InChI=1S/C14H20N2O2/c1-2-18-13-12(8-7-9-15-13)14(17)16-10-5-3-4-6-11-16/h7-9H,2-6,10-11H2,1H3. The highest BCUT2D eigenvalue weighted by atomic mass is 16.5. The van der Waals surface area contributed by atoms with Gasteiger partial charge in [-0.05, 0) is 31.9 Å². The highest BCUT2D eigenvalue weighted by molar-refractivity contribution is 5.96. The number of rotatable bonds is 3. The predicted molar refractivity (Wildman–Crippen MR) is 69.8 cm³/mol. The molecule has 0 unspecified atom stereocenters. The molecule has 1 aliphatic heterocycles. The topological polar surface area (TPSA) is 42.4 Å². The lowest BCUT2D eigenvalue weighted by Gasteiger charge is -2.21. The number of ether oxygens (including phenoxy) is 1. The highest BCUT2D eigenvalue weighted by Crippen LogP contribution is 2.19. The minimum absolute atomic E-state index is 0.0495. The minimum atomic E-state index is 0.0495. The molecule has 1 aromatic rings. The Morgan fingerprint density at radius 1 is 1.33 bits per heavy atom. The number of nitrogens with zero attached hydrogens (tertiary/aromatic N) is 2. The van der Waals surface area contributed by atoms with Gasteiger partial charge in [-0.1, -0.05) is 12.8 Å². The van der Waals surface area contributed by atoms with Crippen molar-refractivity contribution in [2.24, 2.45) is 0 Å². The minimum Gasteiger partial charge on any atom is -0.477 e. The number of aromatic nitrogens is 1. The van der Waals surface area contributed by atoms with Gasteiger partial charge >= 0.3 is 0 Å². The van der Waals surface area contributed by atoms with Gasteiger partial charge in [0.25, 0.3) is 5.91 Å². The summed E-state index contributed by atoms with van der Waals surface area (Å²) in [6.45, 7) is 4.12. The Morgan fingerprint density at radius 2 is 2.06 bits per heavy atom. The maximum absolute atomic E-state index is 12.5. The lowest BCUT2D eigenvalue weighted by Crippen LogP contribution is -2.32. The lowest BCUT2D eigenvalue weighted by molar-refractivity contribution is 0.0756. The molecule has 0 bridgehead atoms. The number of hydrogen-bond donors (Lipinski definition) is 0. The summed E-state index contributed by atoms with van der Waals surface area (Å²) in [5, 5.41) is 0. The van der Waals surface area contributed by atoms with Crippen LogP contribution >= 0.6 is 0 Å². The van der Waals surface area contributed by atoms with Crippen LogP contribution in [0, 0.1) is 0 Å². The normalized spacial score (nSPS) is 16.2. The van der Waals surface area contributed by atoms with Crippen LogP contribution in [-0.2, 0) is 0 Å². The van der Waals surface area contributed by atoms with Crippen molar-refractivity contribution in [1.82, 2.24) is 9.88 Å². The van der Waals surface area contributed by atoms with Gasteiger partial charge in [0.15, 0.2) is 0 Å². The second kappa shape index (κ2) is 6.38. The number of amides is 1. The van der Waals surface area contributed by atoms with E-state index in [1.807, 2.05) is 11.8 Å². The Hall–Kier alpha value is -1.58. The fourth-order valence-corrected chi connectivity index (χ4v) is 2.25. The molecule has 0 N–H and O–H groups in total. The van der Waals surface area contributed by atoms with Crippen LogP contribution in [0.4, 0.5) is 0 Å². The molecular weight excluding hydrogens is 228 g/mol. The Bertz CT molecular complexity index is 399. The fraction of sp³-hybridized carbons (Fsp3) is 0.571. The van der Waals surface area contributed by atoms with Gasteiger partial charge in [-0.25, -0.2) is 4.98 Å². The van der Waals surface area contributed by atoms with E-state index in [1.54, 1.807) is 18.3 Å². The van der Waals surface area contributed by atoms with Crippen molar-refractivity contribution in [1.29, 1.82) is 0 Å². The first-order valence-electron chi connectivity index (χ1n) is 6.70. The van der Waals surface area contributed by atoms with E-state index in [2.05, 4.69) is 4.98 Å². The van der Waals surface area contributed by atoms with Crippen LogP contribution in [0.25, 0.3) is 0 Å². The van der Waals surface area contributed by atoms with Crippen LogP contribution in [-0.4, -0.2) is 35.5 Å². The molecule has 98 valence electrons. The maximum Gasteiger partial charge on any atom is 0.259 e. The molecule has 1 saturated heterocycles. The average molecular weight is 248 g/mol. The Labute approximate surface area is 108 Å². The fourth-order valence-electron chi connectivity index (χ4n) is 2.25. The molecule has 0 spiro atoms. The molecule has 4 nitrogen and oxygen atoms in total. The zero-order valence-corrected chi connectivity index (χ0v) is 10.9. The van der Waals surface area contributed by atoms with Crippen LogP contribution in [0.1, 0.15) is 43.0 Å². The molecule has 1 aromatic heterocycles. The van der Waals surface area contributed by atoms with Crippen LogP contribution in [0.5, 0.6) is 5.88 Å². The van der Waals surface area contributed by atoms with Crippen LogP contribution in [0.2, 0.25) is 0 Å². The molecule has 18 heavy (non-hydrogen) atoms. The van der Waals surface area contributed by atoms with E-state index in [0.29, 0.717) is 18.1 Å². The van der Waals surface area contributed by atoms with Crippen LogP contribution < -0.4 is 4.74 Å². The third-order valence-electron chi connectivity index (χ3n) is 3.18. The molecule has 1 amide bonds. The van der Waals surface area contributed by atoms with Crippen molar-refractivity contribution < 1.29 is 9.53 Å². The van der Waals surface area contributed by atoms with E-state index in [-0.39, 0.29) is 5.91 Å². The first-order chi connectivity index (χ1) is 8.83. The Kier molecular flexibility index (Phi) is 4.56. The van der Waals surface area contributed by atoms with Crippen molar-refractivity contribution >= 4 is 5.91 Å². The summed E-state index contributed by atoms with van der Waals surface area (Å²) in [6, 6.07) is 3.58. The van der Waals surface area contributed by atoms with Crippen molar-refractivity contribution in [3.8, 4) is 5.88 Å². The molecule has 0 saturated carbocycles. The molecular formula is C14H20N2O2. The molecule has 1 aliphatic rings. The largest absolute Gasteiger partial charge is 0.477 e. The van der Waals surface area contributed by atoms with Gasteiger partial charge in [-0.3, -0.25) is 4.79 Å². The molecule has 1 fully saturated rings. The summed E-state index contributed by atoms with van der Waals surface area (Å²) >= 11 is 0. The predicted octanol–water partition coefficient (Wildman–Crippen LogP) is 2.50. The second-order valence-corrected chi connectivity index (χ2v) is 4.50. The second-order valence-electron chi connectivity index (χ2n) is 4.50. The van der Waals surface area contributed by atoms with Gasteiger partial charge in [0, 0.05) is 19.3 Å². The van der Waals surface area contributed by atoms with Crippen LogP contribution in [0.15, 0.2) is 18.3 Å². The number of carbonyl (C=O) groups excluding carboxylic acids is 1. The highest BCUT2D eigenvalue weighted by Gasteiger charge is 2.21. The molecule has 0 atom stereocenters. The molecule has 2 heterocycles. The van der Waals surface area contributed by atoms with Gasteiger partial charge in [0.1, 0.15) is 5.56 Å². The average Bonchev–Trinajstić information content (AvgIpc) is 2.68. The maximum atomic E-state index is 12.5. The zero-order chi connectivity index (χ0) is 12.8. The molecule has 0 radical (unpaired) electrons. The third-order valence-corrected chi connectivity index (χ3v) is 3.18. The Balaban J connectivity index is 2.16. The van der Waals surface area contributed by atoms with Crippen LogP contribution in [0.3, 0.4) is 0 Å². The summed E-state index contributed by atoms with van der Waals surface area (Å²) in [4.78, 5) is 18.5. The number of carbonyl (C=O) groups is 1.